The van der Waals surface area contributed by atoms with E-state index in [4.69, 9.17) is 30.7 Å². The summed E-state index contributed by atoms with van der Waals surface area (Å²) in [6, 6.07) is 1.10. The van der Waals surface area contributed by atoms with Gasteiger partial charge in [-0.1, -0.05) is 0 Å². The van der Waals surface area contributed by atoms with Crippen molar-refractivity contribution < 1.29 is 60.6 Å². The van der Waals surface area contributed by atoms with E-state index in [2.05, 4.69) is 28.2 Å². The first-order chi connectivity index (χ1) is 14.8. The monoisotopic (exact) mass is 541 g/mol. The van der Waals surface area contributed by atoms with Crippen LogP contribution in [0.25, 0.3) is 0 Å². The van der Waals surface area contributed by atoms with E-state index in [1.165, 1.54) is 0 Å². The highest BCUT2D eigenvalue weighted by molar-refractivity contribution is 7.66. The zero-order valence-corrected chi connectivity index (χ0v) is 18.8. The zero-order valence-electron chi connectivity index (χ0n) is 16.1. The van der Waals surface area contributed by atoms with Gasteiger partial charge in [0.15, 0.2) is 12.3 Å². The van der Waals surface area contributed by atoms with E-state index in [0.29, 0.717) is 4.57 Å². The Labute approximate surface area is 181 Å². The van der Waals surface area contributed by atoms with Crippen molar-refractivity contribution in [2.24, 2.45) is 5.11 Å². The van der Waals surface area contributed by atoms with Crippen LogP contribution in [0.4, 0.5) is 10.2 Å². The molecule has 0 aromatic carbocycles. The average molecular weight is 541 g/mol. The number of hydrogen-bond donors (Lipinski definition) is 7. The van der Waals surface area contributed by atoms with Crippen molar-refractivity contribution >= 4 is 29.3 Å². The fourth-order valence-corrected chi connectivity index (χ4v) is 5.71. The molecule has 1 aliphatic rings. The summed E-state index contributed by atoms with van der Waals surface area (Å²) < 4.78 is 65.9. The molecule has 1 aliphatic heterocycles. The second-order valence-electron chi connectivity index (χ2n) is 6.49. The largest absolute Gasteiger partial charge is 0.490 e. The highest BCUT2D eigenvalue weighted by atomic mass is 31.3. The number of hydrogen-bond acceptors (Lipinski definition) is 13. The van der Waals surface area contributed by atoms with Gasteiger partial charge in [-0.25, -0.2) is 22.9 Å². The lowest BCUT2D eigenvalue weighted by Crippen LogP contribution is -2.48. The summed E-state index contributed by atoms with van der Waals surface area (Å²) >= 11 is 0. The fourth-order valence-electron chi connectivity index (χ4n) is 2.68. The Morgan fingerprint density at radius 1 is 1.33 bits per heavy atom. The van der Waals surface area contributed by atoms with E-state index < -0.39 is 59.5 Å². The third-order valence-corrected chi connectivity index (χ3v) is 7.76. The number of phosphoric ester groups is 1. The fraction of sp³-hybridized carbons (Fsp3) is 0.600. The standard InChI is InChI=1S/C10H16FN6O13P3/c1-9(15-16-13)6(18)10(11,28-7(9)17-3-2-5(12)14-8(17)19)4-27-32(23,24)30-33(25,26)29-31(20,21)22/h2-3,6-7,13,18H,4H2,1H3,(H5-,12,14,19,20,21,22,23,24,25,26)/p+1/t6-,7+,9+,10+/m0/s1. The predicted octanol–water partition coefficient (Wildman–Crippen LogP) is -0.967. The maximum absolute atomic E-state index is 15.4. The first-order valence-corrected chi connectivity index (χ1v) is 12.6. The van der Waals surface area contributed by atoms with Crippen LogP contribution in [0, 0.1) is 5.53 Å². The lowest BCUT2D eigenvalue weighted by Gasteiger charge is -2.25. The van der Waals surface area contributed by atoms with Gasteiger partial charge in [-0.05, 0) is 13.0 Å². The lowest BCUT2D eigenvalue weighted by atomic mass is 9.92. The number of nitrogen functional groups attached to an aromatic ring is 1. The predicted molar refractivity (Wildman–Crippen MR) is 98.4 cm³/mol. The minimum absolute atomic E-state index is 0.224. The van der Waals surface area contributed by atoms with Gasteiger partial charge in [-0.3, -0.25) is 9.09 Å². The molecule has 1 saturated heterocycles. The quantitative estimate of drug-likeness (QED) is 0.112. The van der Waals surface area contributed by atoms with Gasteiger partial charge in [-0.2, -0.15) is 13.6 Å². The van der Waals surface area contributed by atoms with E-state index in [1.807, 2.05) is 0 Å². The minimum atomic E-state index is -5.89. The molecule has 0 aliphatic carbocycles. The number of aromatic nitrogens is 2. The number of ether oxygens (including phenoxy) is 1. The third-order valence-electron chi connectivity index (χ3n) is 3.98. The Bertz CT molecular complexity index is 1170. The number of aliphatic hydroxyl groups excluding tert-OH is 1. The van der Waals surface area contributed by atoms with E-state index in [0.717, 1.165) is 19.2 Å². The highest BCUT2D eigenvalue weighted by Crippen LogP contribution is 2.66. The number of rotatable bonds is 9. The van der Waals surface area contributed by atoms with Gasteiger partial charge in [0.25, 0.3) is 5.85 Å². The van der Waals surface area contributed by atoms with Gasteiger partial charge < -0.3 is 35.2 Å². The molecule has 23 heteroatoms. The van der Waals surface area contributed by atoms with E-state index in [9.17, 15) is 28.5 Å². The molecule has 8 N–H and O–H groups in total. The molecule has 0 saturated carbocycles. The van der Waals surface area contributed by atoms with Gasteiger partial charge >= 0.3 is 29.2 Å². The average Bonchev–Trinajstić information content (AvgIpc) is 2.80. The SMILES string of the molecule is C[C@]1(N=[N+]=N)[C@H](n2ccc(N)nc2=O)O[C@](F)(COP(=O)(O)OP(=O)(O)OP(=O)(O)O)[C@H]1O. The van der Waals surface area contributed by atoms with Gasteiger partial charge in [0, 0.05) is 6.20 Å². The van der Waals surface area contributed by atoms with Crippen molar-refractivity contribution in [3.63, 3.8) is 0 Å². The van der Waals surface area contributed by atoms with Gasteiger partial charge in [-0.15, -0.1) is 0 Å². The Kier molecular flexibility index (Phi) is 7.60. The van der Waals surface area contributed by atoms with Crippen molar-refractivity contribution in [1.82, 2.24) is 14.5 Å². The molecule has 0 amide bonds. The van der Waals surface area contributed by atoms with E-state index >= 15 is 4.39 Å². The summed E-state index contributed by atoms with van der Waals surface area (Å²) in [5.41, 5.74) is 8.93. The Morgan fingerprint density at radius 2 is 1.94 bits per heavy atom. The minimum Gasteiger partial charge on any atom is -0.384 e. The molecule has 0 radical (unpaired) electrons. The summed E-state index contributed by atoms with van der Waals surface area (Å²) in [5, 5.41) is 13.8. The van der Waals surface area contributed by atoms with Crippen LogP contribution in [0.5, 0.6) is 0 Å². The molecule has 0 bridgehead atoms. The zero-order chi connectivity index (χ0) is 25.5. The number of alkyl halides is 1. The summed E-state index contributed by atoms with van der Waals surface area (Å²) in [7, 11) is -17.3. The maximum Gasteiger partial charge on any atom is 0.490 e. The van der Waals surface area contributed by atoms with Crippen LogP contribution in [-0.4, -0.2) is 58.3 Å². The second kappa shape index (κ2) is 9.13. The van der Waals surface area contributed by atoms with Crippen LogP contribution < -0.4 is 16.3 Å². The van der Waals surface area contributed by atoms with E-state index in [-0.39, 0.29) is 5.82 Å². The van der Waals surface area contributed by atoms with Gasteiger partial charge in [0.2, 0.25) is 10.5 Å². The van der Waals surface area contributed by atoms with Crippen molar-refractivity contribution in [2.45, 2.75) is 30.6 Å². The number of phosphoric acid groups is 3. The molecule has 2 rings (SSSR count). The van der Waals surface area contributed by atoms with Crippen LogP contribution in [0.15, 0.2) is 22.2 Å². The molecule has 1 aromatic heterocycles. The maximum atomic E-state index is 15.4. The van der Waals surface area contributed by atoms with Crippen LogP contribution in [0.2, 0.25) is 0 Å². The molecule has 1 fully saturated rings. The van der Waals surface area contributed by atoms with Crippen molar-refractivity contribution in [2.75, 3.05) is 12.3 Å². The number of nitrogens with zero attached hydrogens (tertiary/aromatic N) is 4. The molecule has 1 aromatic rings. The Hall–Kier alpha value is -1.75. The Morgan fingerprint density at radius 3 is 2.45 bits per heavy atom. The van der Waals surface area contributed by atoms with Crippen LogP contribution in [-0.2, 0) is 31.6 Å². The normalized spacial score (nSPS) is 31.4. The molecule has 33 heavy (non-hydrogen) atoms. The number of nitrogens with two attached hydrogens (primary N) is 1. The Balaban J connectivity index is 2.32. The topological polar surface area (TPSA) is 300 Å². The first kappa shape index (κ1) is 27.5. The molecule has 2 unspecified atom stereocenters. The second-order valence-corrected chi connectivity index (χ2v) is 10.9. The number of anilines is 1. The van der Waals surface area contributed by atoms with Crippen molar-refractivity contribution in [3.05, 3.63) is 22.7 Å². The third kappa shape index (κ3) is 6.44. The smallest absolute Gasteiger partial charge is 0.384 e. The van der Waals surface area contributed by atoms with Gasteiger partial charge in [0.05, 0.1) is 0 Å². The molecule has 19 nitrogen and oxygen atoms in total. The van der Waals surface area contributed by atoms with Gasteiger partial charge in [0.1, 0.15) is 23.1 Å². The summed E-state index contributed by atoms with van der Waals surface area (Å²) in [4.78, 5) is 53.8. The molecule has 0 spiro atoms. The molecule has 186 valence electrons. The summed E-state index contributed by atoms with van der Waals surface area (Å²) in [5.74, 6) is -3.71. The van der Waals surface area contributed by atoms with Crippen molar-refractivity contribution in [3.8, 4) is 0 Å². The molecular weight excluding hydrogens is 524 g/mol. The van der Waals surface area contributed by atoms with Crippen LogP contribution in [0.1, 0.15) is 13.2 Å². The van der Waals surface area contributed by atoms with Crippen molar-refractivity contribution in [1.29, 1.82) is 5.53 Å². The highest BCUT2D eigenvalue weighted by Gasteiger charge is 2.67. The number of nitrogens with one attached hydrogen (secondary N) is 1. The number of aliphatic hydroxyl groups is 1. The summed E-state index contributed by atoms with van der Waals surface area (Å²) in [6.45, 7) is -0.732. The molecular formula is C10H17FN6O13P3+. The lowest BCUT2D eigenvalue weighted by molar-refractivity contribution is -0.204. The molecule has 6 atom stereocenters. The van der Waals surface area contributed by atoms with Crippen LogP contribution >= 0.6 is 23.5 Å². The molecule has 2 heterocycles. The van der Waals surface area contributed by atoms with E-state index in [1.54, 1.807) is 0 Å². The number of halogens is 1. The van der Waals surface area contributed by atoms with Crippen LogP contribution in [0.3, 0.4) is 0 Å². The first-order valence-electron chi connectivity index (χ1n) is 8.11. The summed E-state index contributed by atoms with van der Waals surface area (Å²) in [6.07, 6.45) is -3.33.